The number of rotatable bonds is 4. The van der Waals surface area contributed by atoms with Gasteiger partial charge in [0, 0.05) is 18.4 Å². The first-order valence-corrected chi connectivity index (χ1v) is 7.67. The van der Waals surface area contributed by atoms with Gasteiger partial charge in [0.2, 0.25) is 0 Å². The topological polar surface area (TPSA) is 24.9 Å². The highest BCUT2D eigenvalue weighted by Gasteiger charge is 2.41. The van der Waals surface area contributed by atoms with Crippen LogP contribution in [0.1, 0.15) is 49.3 Å². The second-order valence-corrected chi connectivity index (χ2v) is 6.47. The first kappa shape index (κ1) is 14.8. The highest BCUT2D eigenvalue weighted by atomic mass is 19.4. The normalized spacial score (nSPS) is 29.8. The van der Waals surface area contributed by atoms with Crippen molar-refractivity contribution in [3.8, 4) is 0 Å². The molecule has 2 aliphatic carbocycles. The Morgan fingerprint density at radius 2 is 2.14 bits per heavy atom. The molecule has 21 heavy (non-hydrogen) atoms. The van der Waals surface area contributed by atoms with Gasteiger partial charge in [-0.3, -0.25) is 4.98 Å². The number of alkyl halides is 3. The van der Waals surface area contributed by atoms with E-state index in [1.165, 1.54) is 38.1 Å². The van der Waals surface area contributed by atoms with Crippen molar-refractivity contribution >= 4 is 0 Å². The number of hydrogen-bond acceptors (Lipinski definition) is 2. The van der Waals surface area contributed by atoms with Crippen molar-refractivity contribution in [1.82, 2.24) is 10.3 Å². The Labute approximate surface area is 123 Å². The van der Waals surface area contributed by atoms with Gasteiger partial charge in [0.1, 0.15) is 0 Å². The smallest absolute Gasteiger partial charge is 0.313 e. The van der Waals surface area contributed by atoms with Crippen LogP contribution in [0.4, 0.5) is 13.2 Å². The third-order valence-corrected chi connectivity index (χ3v) is 5.30. The van der Waals surface area contributed by atoms with Gasteiger partial charge in [-0.25, -0.2) is 0 Å². The molecule has 2 fully saturated rings. The van der Waals surface area contributed by atoms with E-state index in [1.54, 1.807) is 7.05 Å². The monoisotopic (exact) mass is 298 g/mol. The minimum absolute atomic E-state index is 0.264. The molecule has 0 saturated heterocycles. The third-order valence-electron chi connectivity index (χ3n) is 5.30. The minimum atomic E-state index is -4.32. The number of hydrogen-bond donors (Lipinski definition) is 1. The van der Waals surface area contributed by atoms with Gasteiger partial charge in [0.05, 0.1) is 5.56 Å². The van der Waals surface area contributed by atoms with E-state index >= 15 is 0 Å². The molecule has 0 aromatic carbocycles. The first-order valence-electron chi connectivity index (χ1n) is 7.67. The summed E-state index contributed by atoms with van der Waals surface area (Å²) >= 11 is 0. The zero-order chi connectivity index (χ0) is 15.0. The molecule has 1 aromatic rings. The summed E-state index contributed by atoms with van der Waals surface area (Å²) in [6.45, 7) is 0. The summed E-state index contributed by atoms with van der Waals surface area (Å²) in [4.78, 5) is 3.91. The second-order valence-electron chi connectivity index (χ2n) is 6.47. The fourth-order valence-corrected chi connectivity index (χ4v) is 4.31. The van der Waals surface area contributed by atoms with Crippen LogP contribution in [0, 0.1) is 17.8 Å². The van der Waals surface area contributed by atoms with Gasteiger partial charge in [-0.15, -0.1) is 0 Å². The molecule has 1 heterocycles. The Morgan fingerprint density at radius 3 is 2.71 bits per heavy atom. The summed E-state index contributed by atoms with van der Waals surface area (Å²) in [5.74, 6) is 2.09. The van der Waals surface area contributed by atoms with Gasteiger partial charge in [-0.1, -0.05) is 6.42 Å². The molecule has 2 bridgehead atoms. The predicted octanol–water partition coefficient (Wildman–Crippen LogP) is 4.19. The maximum absolute atomic E-state index is 13.2. The van der Waals surface area contributed by atoms with Crippen LogP contribution in [0.5, 0.6) is 0 Å². The minimum Gasteiger partial charge on any atom is -0.313 e. The van der Waals surface area contributed by atoms with Crippen LogP contribution in [-0.2, 0) is 6.18 Å². The average Bonchev–Trinajstić information content (AvgIpc) is 3.06. The van der Waals surface area contributed by atoms with Crippen LogP contribution in [-0.4, -0.2) is 12.0 Å². The molecule has 0 spiro atoms. The fraction of sp³-hybridized carbons (Fsp3) is 0.688. The lowest BCUT2D eigenvalue weighted by Crippen LogP contribution is -2.25. The summed E-state index contributed by atoms with van der Waals surface area (Å²) in [6, 6.07) is 0.820. The number of fused-ring (bicyclic) bond motifs is 2. The summed E-state index contributed by atoms with van der Waals surface area (Å²) in [7, 11) is 1.74. The molecule has 1 N–H and O–H groups in total. The number of nitrogens with zero attached hydrogens (tertiary/aromatic N) is 1. The standard InChI is InChI=1S/C16H21F3N2/c1-20-15(8-12-7-10-2-3-11(12)6-10)13-9-21-5-4-14(13)16(17,18)19/h4-5,9-12,15,20H,2-3,6-8H2,1H3. The second kappa shape index (κ2) is 5.59. The lowest BCUT2D eigenvalue weighted by molar-refractivity contribution is -0.138. The number of aromatic nitrogens is 1. The summed E-state index contributed by atoms with van der Waals surface area (Å²) in [6.07, 6.45) is 4.09. The predicted molar refractivity (Wildman–Crippen MR) is 74.6 cm³/mol. The molecular weight excluding hydrogens is 277 g/mol. The molecule has 0 radical (unpaired) electrons. The quantitative estimate of drug-likeness (QED) is 0.901. The Kier molecular flexibility index (Phi) is 3.95. The van der Waals surface area contributed by atoms with Gasteiger partial charge < -0.3 is 5.32 Å². The number of halogens is 3. The van der Waals surface area contributed by atoms with Crippen molar-refractivity contribution in [2.24, 2.45) is 17.8 Å². The summed E-state index contributed by atoms with van der Waals surface area (Å²) in [5.41, 5.74) is -0.268. The van der Waals surface area contributed by atoms with Crippen LogP contribution < -0.4 is 5.32 Å². The molecule has 5 heteroatoms. The zero-order valence-electron chi connectivity index (χ0n) is 12.2. The molecule has 2 nitrogen and oxygen atoms in total. The highest BCUT2D eigenvalue weighted by Crippen LogP contribution is 2.51. The van der Waals surface area contributed by atoms with Crippen molar-refractivity contribution < 1.29 is 13.2 Å². The van der Waals surface area contributed by atoms with Crippen molar-refractivity contribution in [2.75, 3.05) is 7.05 Å². The van der Waals surface area contributed by atoms with E-state index in [0.29, 0.717) is 5.92 Å². The largest absolute Gasteiger partial charge is 0.416 e. The number of nitrogens with one attached hydrogen (secondary N) is 1. The van der Waals surface area contributed by atoms with Crippen LogP contribution in [0.15, 0.2) is 18.5 Å². The average molecular weight is 298 g/mol. The van der Waals surface area contributed by atoms with Crippen molar-refractivity contribution in [3.63, 3.8) is 0 Å². The van der Waals surface area contributed by atoms with E-state index in [2.05, 4.69) is 10.3 Å². The molecule has 4 atom stereocenters. The van der Waals surface area contributed by atoms with Crippen LogP contribution in [0.3, 0.4) is 0 Å². The molecule has 0 aliphatic heterocycles. The summed E-state index contributed by atoms with van der Waals surface area (Å²) < 4.78 is 39.5. The van der Waals surface area contributed by atoms with Crippen molar-refractivity contribution in [2.45, 2.75) is 44.3 Å². The van der Waals surface area contributed by atoms with E-state index in [-0.39, 0.29) is 11.6 Å². The fourth-order valence-electron chi connectivity index (χ4n) is 4.31. The van der Waals surface area contributed by atoms with E-state index in [0.717, 1.165) is 24.3 Å². The van der Waals surface area contributed by atoms with E-state index in [9.17, 15) is 13.2 Å². The summed E-state index contributed by atoms with van der Waals surface area (Å²) in [5, 5.41) is 3.08. The van der Waals surface area contributed by atoms with Crippen LogP contribution in [0.25, 0.3) is 0 Å². The first-order chi connectivity index (χ1) is 9.99. The molecule has 3 rings (SSSR count). The van der Waals surface area contributed by atoms with Crippen molar-refractivity contribution in [3.05, 3.63) is 29.6 Å². The van der Waals surface area contributed by atoms with Gasteiger partial charge in [0.15, 0.2) is 0 Å². The molecule has 0 amide bonds. The van der Waals surface area contributed by atoms with Gasteiger partial charge in [0.25, 0.3) is 0 Å². The molecule has 4 unspecified atom stereocenters. The lowest BCUT2D eigenvalue weighted by atomic mass is 9.82. The van der Waals surface area contributed by atoms with Gasteiger partial charge in [-0.2, -0.15) is 13.2 Å². The maximum atomic E-state index is 13.2. The van der Waals surface area contributed by atoms with E-state index in [1.807, 2.05) is 0 Å². The lowest BCUT2D eigenvalue weighted by Gasteiger charge is -2.28. The zero-order valence-corrected chi connectivity index (χ0v) is 12.2. The molecule has 116 valence electrons. The highest BCUT2D eigenvalue weighted by molar-refractivity contribution is 5.29. The molecular formula is C16H21F3N2. The van der Waals surface area contributed by atoms with E-state index in [4.69, 9.17) is 0 Å². The molecule has 2 saturated carbocycles. The Bertz CT molecular complexity index is 501. The number of pyridine rings is 1. The molecule has 1 aromatic heterocycles. The Morgan fingerprint density at radius 1 is 1.33 bits per heavy atom. The third kappa shape index (κ3) is 2.93. The van der Waals surface area contributed by atoms with Gasteiger partial charge in [-0.05, 0) is 62.1 Å². The molecule has 2 aliphatic rings. The maximum Gasteiger partial charge on any atom is 0.416 e. The SMILES string of the molecule is CNC(CC1CC2CCC1C2)c1cnccc1C(F)(F)F. The van der Waals surface area contributed by atoms with Crippen LogP contribution >= 0.6 is 0 Å². The Hall–Kier alpha value is -1.10. The van der Waals surface area contributed by atoms with Crippen molar-refractivity contribution in [1.29, 1.82) is 0 Å². The Balaban J connectivity index is 1.80. The van der Waals surface area contributed by atoms with Crippen LogP contribution in [0.2, 0.25) is 0 Å². The van der Waals surface area contributed by atoms with Gasteiger partial charge >= 0.3 is 6.18 Å². The van der Waals surface area contributed by atoms with E-state index < -0.39 is 11.7 Å².